The maximum absolute atomic E-state index is 11.2. The van der Waals surface area contributed by atoms with Crippen LogP contribution in [0.25, 0.3) is 0 Å². The third-order valence-corrected chi connectivity index (χ3v) is 2.34. The number of carbonyl (C=O) groups is 1. The molecule has 1 rings (SSSR count). The van der Waals surface area contributed by atoms with Crippen molar-refractivity contribution in [2.45, 2.75) is 32.2 Å². The summed E-state index contributed by atoms with van der Waals surface area (Å²) in [6.45, 7) is 3.46. The summed E-state index contributed by atoms with van der Waals surface area (Å²) in [7, 11) is 0. The zero-order chi connectivity index (χ0) is 10.4. The van der Waals surface area contributed by atoms with E-state index in [1.165, 1.54) is 0 Å². The minimum absolute atomic E-state index is 0.0868. The van der Waals surface area contributed by atoms with Crippen molar-refractivity contribution in [3.63, 3.8) is 0 Å². The van der Waals surface area contributed by atoms with Gasteiger partial charge in [0.15, 0.2) is 0 Å². The van der Waals surface area contributed by atoms with Gasteiger partial charge in [0.2, 0.25) is 5.91 Å². The molecule has 0 aromatic heterocycles. The van der Waals surface area contributed by atoms with Gasteiger partial charge in [-0.15, -0.1) is 0 Å². The number of rotatable bonds is 7. The van der Waals surface area contributed by atoms with Crippen molar-refractivity contribution in [3.05, 3.63) is 0 Å². The molecule has 4 heteroatoms. The quantitative estimate of drug-likeness (QED) is 0.536. The molecule has 3 N–H and O–H groups in total. The van der Waals surface area contributed by atoms with E-state index in [9.17, 15) is 4.79 Å². The highest BCUT2D eigenvalue weighted by atomic mass is 16.3. The Morgan fingerprint density at radius 3 is 2.86 bits per heavy atom. The van der Waals surface area contributed by atoms with Crippen LogP contribution in [0.2, 0.25) is 0 Å². The second kappa shape index (κ2) is 5.98. The molecular formula is C10H20N2O2. The van der Waals surface area contributed by atoms with Gasteiger partial charge in [0.05, 0.1) is 6.54 Å². The molecule has 0 saturated heterocycles. The second-order valence-corrected chi connectivity index (χ2v) is 4.09. The summed E-state index contributed by atoms with van der Waals surface area (Å²) in [6.07, 6.45) is 3.05. The summed E-state index contributed by atoms with van der Waals surface area (Å²) in [6, 6.07) is 0.444. The van der Waals surface area contributed by atoms with Crippen LogP contribution >= 0.6 is 0 Å². The highest BCUT2D eigenvalue weighted by molar-refractivity contribution is 5.78. The van der Waals surface area contributed by atoms with E-state index >= 15 is 0 Å². The van der Waals surface area contributed by atoms with Crippen molar-refractivity contribution in [2.24, 2.45) is 5.92 Å². The summed E-state index contributed by atoms with van der Waals surface area (Å²) < 4.78 is 0. The zero-order valence-corrected chi connectivity index (χ0v) is 8.75. The Morgan fingerprint density at radius 2 is 2.29 bits per heavy atom. The van der Waals surface area contributed by atoms with Crippen LogP contribution in [0.4, 0.5) is 0 Å². The molecular weight excluding hydrogens is 180 g/mol. The maximum atomic E-state index is 11.2. The van der Waals surface area contributed by atoms with Gasteiger partial charge in [0, 0.05) is 12.6 Å². The van der Waals surface area contributed by atoms with E-state index in [2.05, 4.69) is 17.6 Å². The fourth-order valence-corrected chi connectivity index (χ4v) is 1.26. The second-order valence-electron chi connectivity index (χ2n) is 4.09. The smallest absolute Gasteiger partial charge is 0.234 e. The zero-order valence-electron chi connectivity index (χ0n) is 8.75. The van der Waals surface area contributed by atoms with Gasteiger partial charge in [-0.3, -0.25) is 4.79 Å². The fourth-order valence-electron chi connectivity index (χ4n) is 1.26. The molecule has 4 nitrogen and oxygen atoms in total. The molecule has 1 aliphatic rings. The molecule has 1 aliphatic carbocycles. The lowest BCUT2D eigenvalue weighted by Crippen LogP contribution is -2.36. The SMILES string of the molecule is CC(CCO)CNCC(=O)NC1CC1. The average molecular weight is 200 g/mol. The Bertz CT molecular complexity index is 181. The van der Waals surface area contributed by atoms with Gasteiger partial charge in [-0.2, -0.15) is 0 Å². The highest BCUT2D eigenvalue weighted by Gasteiger charge is 2.22. The Balaban J connectivity index is 1.93. The summed E-state index contributed by atoms with van der Waals surface area (Å²) >= 11 is 0. The number of carbonyl (C=O) groups excluding carboxylic acids is 1. The number of aliphatic hydroxyl groups is 1. The standard InChI is InChI=1S/C10H20N2O2/c1-8(4-5-13)6-11-7-10(14)12-9-2-3-9/h8-9,11,13H,2-7H2,1H3,(H,12,14). The molecule has 1 unspecified atom stereocenters. The van der Waals surface area contributed by atoms with Crippen LogP contribution in [-0.4, -0.2) is 36.8 Å². The average Bonchev–Trinajstić information content (AvgIpc) is 2.88. The third-order valence-electron chi connectivity index (χ3n) is 2.34. The fraction of sp³-hybridized carbons (Fsp3) is 0.900. The Morgan fingerprint density at radius 1 is 1.57 bits per heavy atom. The molecule has 0 spiro atoms. The number of amides is 1. The Hall–Kier alpha value is -0.610. The van der Waals surface area contributed by atoms with Crippen LogP contribution in [0.1, 0.15) is 26.2 Å². The van der Waals surface area contributed by atoms with Crippen LogP contribution in [-0.2, 0) is 4.79 Å². The first kappa shape index (κ1) is 11.5. The molecule has 0 heterocycles. The first-order valence-corrected chi connectivity index (χ1v) is 5.33. The lowest BCUT2D eigenvalue weighted by atomic mass is 10.1. The first-order valence-electron chi connectivity index (χ1n) is 5.33. The van der Waals surface area contributed by atoms with Gasteiger partial charge >= 0.3 is 0 Å². The molecule has 1 atom stereocenters. The number of aliphatic hydroxyl groups excluding tert-OH is 1. The van der Waals surface area contributed by atoms with Crippen LogP contribution in [0.3, 0.4) is 0 Å². The van der Waals surface area contributed by atoms with Crippen LogP contribution in [0, 0.1) is 5.92 Å². The highest BCUT2D eigenvalue weighted by Crippen LogP contribution is 2.18. The minimum Gasteiger partial charge on any atom is -0.396 e. The van der Waals surface area contributed by atoms with Crippen molar-refractivity contribution in [2.75, 3.05) is 19.7 Å². The van der Waals surface area contributed by atoms with Crippen molar-refractivity contribution >= 4 is 5.91 Å². The van der Waals surface area contributed by atoms with E-state index in [0.717, 1.165) is 25.8 Å². The van der Waals surface area contributed by atoms with Crippen molar-refractivity contribution < 1.29 is 9.90 Å². The van der Waals surface area contributed by atoms with Gasteiger partial charge in [0.1, 0.15) is 0 Å². The normalized spacial score (nSPS) is 17.9. The maximum Gasteiger partial charge on any atom is 0.234 e. The first-order chi connectivity index (χ1) is 6.72. The van der Waals surface area contributed by atoms with Gasteiger partial charge in [0.25, 0.3) is 0 Å². The monoisotopic (exact) mass is 200 g/mol. The predicted octanol–water partition coefficient (Wildman–Crippen LogP) is -0.127. The molecule has 1 saturated carbocycles. The number of nitrogens with one attached hydrogen (secondary N) is 2. The Labute approximate surface area is 85.1 Å². The molecule has 0 aliphatic heterocycles. The van der Waals surface area contributed by atoms with E-state index < -0.39 is 0 Å². The summed E-state index contributed by atoms with van der Waals surface area (Å²) in [5.41, 5.74) is 0. The molecule has 82 valence electrons. The predicted molar refractivity (Wildman–Crippen MR) is 54.9 cm³/mol. The lowest BCUT2D eigenvalue weighted by molar-refractivity contribution is -0.120. The molecule has 0 aromatic rings. The largest absolute Gasteiger partial charge is 0.396 e. The van der Waals surface area contributed by atoms with Crippen LogP contribution in [0.5, 0.6) is 0 Å². The number of hydrogen-bond donors (Lipinski definition) is 3. The van der Waals surface area contributed by atoms with Crippen LogP contribution < -0.4 is 10.6 Å². The summed E-state index contributed by atoms with van der Waals surface area (Å²) in [5.74, 6) is 0.512. The molecule has 0 aromatic carbocycles. The van der Waals surface area contributed by atoms with Crippen molar-refractivity contribution in [3.8, 4) is 0 Å². The van der Waals surface area contributed by atoms with Gasteiger partial charge < -0.3 is 15.7 Å². The molecule has 1 amide bonds. The molecule has 0 radical (unpaired) electrons. The van der Waals surface area contributed by atoms with E-state index in [1.54, 1.807) is 0 Å². The van der Waals surface area contributed by atoms with Crippen LogP contribution in [0.15, 0.2) is 0 Å². The third kappa shape index (κ3) is 5.19. The summed E-state index contributed by atoms with van der Waals surface area (Å²) in [4.78, 5) is 11.2. The van der Waals surface area contributed by atoms with E-state index in [4.69, 9.17) is 5.11 Å². The molecule has 1 fully saturated rings. The van der Waals surface area contributed by atoms with E-state index in [1.807, 2.05) is 0 Å². The van der Waals surface area contributed by atoms with E-state index in [-0.39, 0.29) is 12.5 Å². The lowest BCUT2D eigenvalue weighted by Gasteiger charge is -2.10. The topological polar surface area (TPSA) is 61.4 Å². The number of hydrogen-bond acceptors (Lipinski definition) is 3. The molecule has 14 heavy (non-hydrogen) atoms. The van der Waals surface area contributed by atoms with Gasteiger partial charge in [-0.05, 0) is 31.7 Å². The van der Waals surface area contributed by atoms with Gasteiger partial charge in [-0.1, -0.05) is 6.92 Å². The minimum atomic E-state index is 0.0868. The van der Waals surface area contributed by atoms with Crippen molar-refractivity contribution in [1.29, 1.82) is 0 Å². The van der Waals surface area contributed by atoms with Crippen molar-refractivity contribution in [1.82, 2.24) is 10.6 Å². The summed E-state index contributed by atoms with van der Waals surface area (Å²) in [5, 5.41) is 14.7. The molecule has 0 bridgehead atoms. The van der Waals surface area contributed by atoms with Gasteiger partial charge in [-0.25, -0.2) is 0 Å². The van der Waals surface area contributed by atoms with E-state index in [0.29, 0.717) is 18.5 Å². The Kier molecular flexibility index (Phi) is 4.90.